The maximum absolute atomic E-state index is 12.5. The van der Waals surface area contributed by atoms with Crippen LogP contribution >= 0.6 is 0 Å². The van der Waals surface area contributed by atoms with Gasteiger partial charge in [-0.2, -0.15) is 0 Å². The fourth-order valence-electron chi connectivity index (χ4n) is 4.80. The number of unbranched alkanes of at least 4 members (excludes halogenated alkanes) is 7. The number of ether oxygens (including phenoxy) is 2. The van der Waals surface area contributed by atoms with E-state index in [-0.39, 0.29) is 5.54 Å². The minimum absolute atomic E-state index is 0.292. The van der Waals surface area contributed by atoms with Gasteiger partial charge in [-0.25, -0.2) is 9.59 Å². The number of hydrogen-bond donors (Lipinski definition) is 0. The Morgan fingerprint density at radius 2 is 1.41 bits per heavy atom. The van der Waals surface area contributed by atoms with Crippen molar-refractivity contribution >= 4 is 11.9 Å². The van der Waals surface area contributed by atoms with E-state index >= 15 is 0 Å². The molecule has 2 aliphatic rings. The summed E-state index contributed by atoms with van der Waals surface area (Å²) in [4.78, 5) is 25.1. The number of hydrogen-bond acceptors (Lipinski definition) is 7. The van der Waals surface area contributed by atoms with E-state index in [9.17, 15) is 9.59 Å². The predicted octanol–water partition coefficient (Wildman–Crippen LogP) is 4.99. The quantitative estimate of drug-likeness (QED) is 0.273. The van der Waals surface area contributed by atoms with Gasteiger partial charge in [0.05, 0.1) is 19.8 Å². The van der Waals surface area contributed by atoms with Crippen molar-refractivity contribution in [2.75, 3.05) is 20.8 Å². The largest absolute Gasteiger partial charge is 0.467 e. The summed E-state index contributed by atoms with van der Waals surface area (Å²) >= 11 is 0. The second-order valence-corrected chi connectivity index (χ2v) is 8.59. The van der Waals surface area contributed by atoms with Gasteiger partial charge in [0, 0.05) is 13.0 Å². The molecule has 0 saturated heterocycles. The first-order valence-electron chi connectivity index (χ1n) is 11.4. The third-order valence-corrected chi connectivity index (χ3v) is 6.51. The molecule has 1 aliphatic carbocycles. The molecular weight excluding hydrogens is 370 g/mol. The van der Waals surface area contributed by atoms with E-state index in [1.807, 2.05) is 0 Å². The third-order valence-electron chi connectivity index (χ3n) is 6.51. The van der Waals surface area contributed by atoms with Crippen molar-refractivity contribution in [1.29, 1.82) is 0 Å². The molecule has 0 bridgehead atoms. The van der Waals surface area contributed by atoms with Gasteiger partial charge in [0.2, 0.25) is 0 Å². The summed E-state index contributed by atoms with van der Waals surface area (Å²) in [6.45, 7) is 3.06. The van der Waals surface area contributed by atoms with E-state index in [1.54, 1.807) is 0 Å². The molecule has 1 aliphatic heterocycles. The summed E-state index contributed by atoms with van der Waals surface area (Å²) in [6, 6.07) is 0. The van der Waals surface area contributed by atoms with Gasteiger partial charge in [-0.15, -0.1) is 5.11 Å². The number of rotatable bonds is 11. The molecule has 0 N–H and O–H groups in total. The summed E-state index contributed by atoms with van der Waals surface area (Å²) < 4.78 is 9.85. The van der Waals surface area contributed by atoms with Crippen LogP contribution in [0.5, 0.6) is 0 Å². The van der Waals surface area contributed by atoms with Crippen LogP contribution < -0.4 is 0 Å². The molecule has 2 rings (SSSR count). The molecular formula is C22H39N3O4. The van der Waals surface area contributed by atoms with Crippen LogP contribution in [0.25, 0.3) is 0 Å². The monoisotopic (exact) mass is 409 g/mol. The van der Waals surface area contributed by atoms with Gasteiger partial charge in [0.25, 0.3) is 5.54 Å². The third kappa shape index (κ3) is 5.70. The molecule has 0 aromatic rings. The SMILES string of the molecule is CCCCCCCCCCN1N=NC(C(=O)OC)(C(=O)OC)CC12CCCCC2. The van der Waals surface area contributed by atoms with Gasteiger partial charge >= 0.3 is 11.9 Å². The summed E-state index contributed by atoms with van der Waals surface area (Å²) in [5.74, 6) is -1.35. The number of methoxy groups -OCH3 is 2. The highest BCUT2D eigenvalue weighted by Gasteiger charge is 2.59. The topological polar surface area (TPSA) is 80.6 Å². The van der Waals surface area contributed by atoms with Crippen molar-refractivity contribution in [3.05, 3.63) is 0 Å². The van der Waals surface area contributed by atoms with E-state index in [2.05, 4.69) is 22.3 Å². The lowest BCUT2D eigenvalue weighted by molar-refractivity contribution is -0.167. The maximum Gasteiger partial charge on any atom is 0.347 e. The van der Waals surface area contributed by atoms with Crippen LogP contribution in [-0.2, 0) is 19.1 Å². The molecule has 1 spiro atoms. The van der Waals surface area contributed by atoms with Crippen molar-refractivity contribution in [2.45, 2.75) is 108 Å². The number of carbonyl (C=O) groups is 2. The van der Waals surface area contributed by atoms with Crippen molar-refractivity contribution in [3.8, 4) is 0 Å². The number of esters is 2. The Morgan fingerprint density at radius 3 is 1.97 bits per heavy atom. The van der Waals surface area contributed by atoms with Gasteiger partial charge in [-0.3, -0.25) is 5.01 Å². The van der Waals surface area contributed by atoms with Crippen LogP contribution in [-0.4, -0.2) is 48.8 Å². The highest BCUT2D eigenvalue weighted by atomic mass is 16.5. The lowest BCUT2D eigenvalue weighted by Crippen LogP contribution is -2.60. The molecule has 0 aromatic carbocycles. The van der Waals surface area contributed by atoms with E-state index < -0.39 is 17.5 Å². The Hall–Kier alpha value is -1.66. The van der Waals surface area contributed by atoms with Crippen molar-refractivity contribution in [2.24, 2.45) is 10.3 Å². The molecule has 0 amide bonds. The van der Waals surface area contributed by atoms with Gasteiger partial charge in [0.15, 0.2) is 0 Å². The number of nitrogens with zero attached hydrogens (tertiary/aromatic N) is 3. The first kappa shape index (κ1) is 23.6. The van der Waals surface area contributed by atoms with Crippen molar-refractivity contribution in [1.82, 2.24) is 5.01 Å². The van der Waals surface area contributed by atoms with Crippen molar-refractivity contribution < 1.29 is 19.1 Å². The molecule has 1 fully saturated rings. The Morgan fingerprint density at radius 1 is 0.862 bits per heavy atom. The van der Waals surface area contributed by atoms with Crippen LogP contribution in [0.4, 0.5) is 0 Å². The Kier molecular flexibility index (Phi) is 9.37. The molecule has 7 nitrogen and oxygen atoms in total. The van der Waals surface area contributed by atoms with Gasteiger partial charge in [-0.1, -0.05) is 76.4 Å². The second kappa shape index (κ2) is 11.5. The molecule has 0 unspecified atom stereocenters. The molecule has 1 saturated carbocycles. The van der Waals surface area contributed by atoms with E-state index in [0.717, 1.165) is 38.6 Å². The highest BCUT2D eigenvalue weighted by Crippen LogP contribution is 2.45. The zero-order chi connectivity index (χ0) is 21.2. The second-order valence-electron chi connectivity index (χ2n) is 8.59. The van der Waals surface area contributed by atoms with Crippen molar-refractivity contribution in [3.63, 3.8) is 0 Å². The zero-order valence-electron chi connectivity index (χ0n) is 18.6. The van der Waals surface area contributed by atoms with E-state index in [4.69, 9.17) is 9.47 Å². The average molecular weight is 410 g/mol. The summed E-state index contributed by atoms with van der Waals surface area (Å²) in [5.41, 5.74) is -1.99. The standard InChI is InChI=1S/C22H39N3O4/c1-4-5-6-7-8-9-10-14-17-25-21(15-12-11-13-16-21)18-22(23-24-25,19(26)28-2)20(27)29-3/h4-18H2,1-3H3. The zero-order valence-corrected chi connectivity index (χ0v) is 18.6. The lowest BCUT2D eigenvalue weighted by Gasteiger charge is -2.49. The van der Waals surface area contributed by atoms with Crippen LogP contribution in [0.3, 0.4) is 0 Å². The first-order valence-corrected chi connectivity index (χ1v) is 11.4. The molecule has 0 atom stereocenters. The Bertz CT molecular complexity index is 542. The summed E-state index contributed by atoms with van der Waals surface area (Å²) in [7, 11) is 2.56. The summed E-state index contributed by atoms with van der Waals surface area (Å²) in [6.07, 6.45) is 15.5. The highest BCUT2D eigenvalue weighted by molar-refractivity contribution is 6.05. The average Bonchev–Trinajstić information content (AvgIpc) is 2.75. The van der Waals surface area contributed by atoms with Gasteiger partial charge < -0.3 is 9.47 Å². The Labute approximate surface area is 175 Å². The maximum atomic E-state index is 12.5. The Balaban J connectivity index is 2.03. The smallest absolute Gasteiger partial charge is 0.347 e. The van der Waals surface area contributed by atoms with Crippen LogP contribution in [0.15, 0.2) is 10.3 Å². The molecule has 7 heteroatoms. The van der Waals surface area contributed by atoms with Crippen LogP contribution in [0, 0.1) is 0 Å². The molecule has 1 heterocycles. The lowest BCUT2D eigenvalue weighted by atomic mass is 9.72. The molecule has 166 valence electrons. The minimum atomic E-state index is -1.67. The van der Waals surface area contributed by atoms with Gasteiger partial charge in [-0.05, 0) is 19.3 Å². The van der Waals surface area contributed by atoms with E-state index in [0.29, 0.717) is 6.42 Å². The molecule has 29 heavy (non-hydrogen) atoms. The normalized spacial score (nSPS) is 19.9. The summed E-state index contributed by atoms with van der Waals surface area (Å²) in [5, 5.41) is 10.7. The minimum Gasteiger partial charge on any atom is -0.467 e. The van der Waals surface area contributed by atoms with Crippen LogP contribution in [0.2, 0.25) is 0 Å². The van der Waals surface area contributed by atoms with Crippen LogP contribution in [0.1, 0.15) is 96.8 Å². The molecule has 0 radical (unpaired) electrons. The van der Waals surface area contributed by atoms with E-state index in [1.165, 1.54) is 65.6 Å². The fraction of sp³-hybridized carbons (Fsp3) is 0.909. The first-order chi connectivity index (χ1) is 14.0. The fourth-order valence-corrected chi connectivity index (χ4v) is 4.80. The predicted molar refractivity (Wildman–Crippen MR) is 111 cm³/mol. The molecule has 0 aromatic heterocycles. The number of carbonyl (C=O) groups excluding carboxylic acids is 2. The van der Waals surface area contributed by atoms with Gasteiger partial charge in [0.1, 0.15) is 0 Å².